The Bertz CT molecular complexity index is 1260. The predicted octanol–water partition coefficient (Wildman–Crippen LogP) is 1.53. The van der Waals surface area contributed by atoms with Gasteiger partial charge in [0, 0.05) is 38.6 Å². The fourth-order valence-corrected chi connectivity index (χ4v) is 6.40. The summed E-state index contributed by atoms with van der Waals surface area (Å²) in [6.07, 6.45) is -0.845. The number of ether oxygens (including phenoxy) is 1. The van der Waals surface area contributed by atoms with Gasteiger partial charge in [0.25, 0.3) is 5.91 Å². The van der Waals surface area contributed by atoms with Crippen LogP contribution in [0.3, 0.4) is 0 Å². The van der Waals surface area contributed by atoms with Crippen LogP contribution in [-0.2, 0) is 31.1 Å². The van der Waals surface area contributed by atoms with Crippen LogP contribution in [0.25, 0.3) is 0 Å². The SMILES string of the molecule is COc1ccc(S(=O)(=O)N2CCC(C(=O)N3CCN(C(=O)O)CC3)CC2C(=O)NOCc2ccccc2)cc1. The number of methoxy groups -OCH3 is 1. The highest BCUT2D eigenvalue weighted by atomic mass is 32.2. The molecule has 2 heterocycles. The van der Waals surface area contributed by atoms with Crippen LogP contribution in [0.5, 0.6) is 5.75 Å². The fraction of sp³-hybridized carbons (Fsp3) is 0.423. The Morgan fingerprint density at radius 2 is 1.59 bits per heavy atom. The van der Waals surface area contributed by atoms with E-state index in [0.717, 1.165) is 9.87 Å². The minimum Gasteiger partial charge on any atom is -0.497 e. The quantitative estimate of drug-likeness (QED) is 0.463. The number of carbonyl (C=O) groups excluding carboxylic acids is 2. The molecule has 2 aromatic carbocycles. The summed E-state index contributed by atoms with van der Waals surface area (Å²) in [6.45, 7) is 0.919. The number of carbonyl (C=O) groups is 3. The van der Waals surface area contributed by atoms with Gasteiger partial charge in [-0.05, 0) is 42.7 Å². The first-order valence-corrected chi connectivity index (χ1v) is 14.0. The number of carboxylic acid groups (broad SMARTS) is 1. The Morgan fingerprint density at radius 3 is 2.21 bits per heavy atom. The molecule has 2 fully saturated rings. The van der Waals surface area contributed by atoms with Crippen LogP contribution >= 0.6 is 0 Å². The first kappa shape index (κ1) is 28.3. The molecule has 2 aromatic rings. The molecule has 2 N–H and O–H groups in total. The number of rotatable bonds is 8. The van der Waals surface area contributed by atoms with Gasteiger partial charge in [0.2, 0.25) is 15.9 Å². The average Bonchev–Trinajstić information content (AvgIpc) is 2.97. The van der Waals surface area contributed by atoms with Crippen molar-refractivity contribution in [3.63, 3.8) is 0 Å². The van der Waals surface area contributed by atoms with E-state index in [0.29, 0.717) is 5.75 Å². The molecule has 2 unspecified atom stereocenters. The number of benzene rings is 2. The Labute approximate surface area is 227 Å². The molecular weight excluding hydrogens is 528 g/mol. The van der Waals surface area contributed by atoms with Gasteiger partial charge in [-0.3, -0.25) is 14.4 Å². The molecule has 12 nitrogen and oxygen atoms in total. The topological polar surface area (TPSA) is 146 Å². The van der Waals surface area contributed by atoms with Crippen LogP contribution in [0.2, 0.25) is 0 Å². The van der Waals surface area contributed by atoms with Crippen molar-refractivity contribution in [3.05, 3.63) is 60.2 Å². The maximum absolute atomic E-state index is 13.6. The molecule has 0 spiro atoms. The van der Waals surface area contributed by atoms with Crippen LogP contribution in [0.15, 0.2) is 59.5 Å². The molecule has 2 aliphatic rings. The summed E-state index contributed by atoms with van der Waals surface area (Å²) in [5.41, 5.74) is 3.19. The fourth-order valence-electron chi connectivity index (χ4n) is 4.79. The van der Waals surface area contributed by atoms with Gasteiger partial charge in [-0.1, -0.05) is 30.3 Å². The number of hydrogen-bond acceptors (Lipinski definition) is 7. The second-order valence-corrected chi connectivity index (χ2v) is 11.3. The normalized spacial score (nSPS) is 20.3. The van der Waals surface area contributed by atoms with Crippen molar-refractivity contribution in [2.75, 3.05) is 39.8 Å². The lowest BCUT2D eigenvalue weighted by molar-refractivity contribution is -0.144. The van der Waals surface area contributed by atoms with Gasteiger partial charge in [-0.15, -0.1) is 0 Å². The Hall–Kier alpha value is -3.68. The molecular formula is C26H32N4O8S. The minimum absolute atomic E-state index is 0.000808. The highest BCUT2D eigenvalue weighted by molar-refractivity contribution is 7.89. The summed E-state index contributed by atoms with van der Waals surface area (Å²) in [6, 6.07) is 13.9. The van der Waals surface area contributed by atoms with Crippen molar-refractivity contribution in [1.82, 2.24) is 19.6 Å². The maximum Gasteiger partial charge on any atom is 0.407 e. The number of hydrogen-bond donors (Lipinski definition) is 2. The Kier molecular flexibility index (Phi) is 9.04. The molecule has 39 heavy (non-hydrogen) atoms. The number of hydroxylamine groups is 1. The average molecular weight is 561 g/mol. The zero-order valence-electron chi connectivity index (χ0n) is 21.6. The van der Waals surface area contributed by atoms with Gasteiger partial charge < -0.3 is 19.6 Å². The van der Waals surface area contributed by atoms with E-state index in [2.05, 4.69) is 5.48 Å². The number of piperazine rings is 1. The van der Waals surface area contributed by atoms with E-state index in [9.17, 15) is 27.9 Å². The van der Waals surface area contributed by atoms with E-state index >= 15 is 0 Å². The lowest BCUT2D eigenvalue weighted by Crippen LogP contribution is -2.57. The van der Waals surface area contributed by atoms with Crippen molar-refractivity contribution in [3.8, 4) is 5.75 Å². The molecule has 0 aromatic heterocycles. The monoisotopic (exact) mass is 560 g/mol. The number of nitrogens with zero attached hydrogens (tertiary/aromatic N) is 3. The third kappa shape index (κ3) is 6.67. The summed E-state index contributed by atoms with van der Waals surface area (Å²) >= 11 is 0. The first-order chi connectivity index (χ1) is 18.7. The number of sulfonamides is 1. The predicted molar refractivity (Wildman–Crippen MR) is 139 cm³/mol. The maximum atomic E-state index is 13.6. The first-order valence-electron chi connectivity index (χ1n) is 12.6. The summed E-state index contributed by atoms with van der Waals surface area (Å²) in [7, 11) is -2.61. The molecule has 3 amide bonds. The van der Waals surface area contributed by atoms with Crippen molar-refractivity contribution in [2.24, 2.45) is 5.92 Å². The molecule has 0 bridgehead atoms. The van der Waals surface area contributed by atoms with Crippen molar-refractivity contribution >= 4 is 27.9 Å². The second kappa shape index (κ2) is 12.5. The van der Waals surface area contributed by atoms with Crippen LogP contribution in [-0.4, -0.2) is 91.4 Å². The van der Waals surface area contributed by atoms with Gasteiger partial charge in [-0.25, -0.2) is 18.7 Å². The molecule has 2 saturated heterocycles. The van der Waals surface area contributed by atoms with Gasteiger partial charge in [-0.2, -0.15) is 4.31 Å². The molecule has 2 atom stereocenters. The van der Waals surface area contributed by atoms with Gasteiger partial charge >= 0.3 is 6.09 Å². The van der Waals surface area contributed by atoms with Crippen LogP contribution in [0.4, 0.5) is 4.79 Å². The summed E-state index contributed by atoms with van der Waals surface area (Å²) in [5, 5.41) is 9.18. The van der Waals surface area contributed by atoms with E-state index < -0.39 is 34.0 Å². The molecule has 4 rings (SSSR count). The molecule has 0 radical (unpaired) electrons. The van der Waals surface area contributed by atoms with Crippen molar-refractivity contribution < 1.29 is 37.5 Å². The standard InChI is InChI=1S/C26H32N4O8S/c1-37-21-7-9-22(10-8-21)39(35,36)30-12-11-20(25(32)28-13-15-29(16-14-28)26(33)34)17-23(30)24(31)27-38-18-19-5-3-2-4-6-19/h2-10,20,23H,11-18H2,1H3,(H,27,31)(H,33,34). The highest BCUT2D eigenvalue weighted by Gasteiger charge is 2.44. The van der Waals surface area contributed by atoms with Crippen molar-refractivity contribution in [1.29, 1.82) is 0 Å². The zero-order valence-corrected chi connectivity index (χ0v) is 22.4. The van der Waals surface area contributed by atoms with Gasteiger partial charge in [0.05, 0.1) is 18.6 Å². The van der Waals surface area contributed by atoms with E-state index in [4.69, 9.17) is 9.57 Å². The molecule has 210 valence electrons. The van der Waals surface area contributed by atoms with E-state index in [1.165, 1.54) is 36.3 Å². The van der Waals surface area contributed by atoms with Crippen molar-refractivity contribution in [2.45, 2.75) is 30.4 Å². The Morgan fingerprint density at radius 1 is 0.949 bits per heavy atom. The second-order valence-electron chi connectivity index (χ2n) is 9.36. The van der Waals surface area contributed by atoms with Crippen LogP contribution < -0.4 is 10.2 Å². The summed E-state index contributed by atoms with van der Waals surface area (Å²) < 4.78 is 33.4. The highest BCUT2D eigenvalue weighted by Crippen LogP contribution is 2.31. The Balaban J connectivity index is 1.50. The lowest BCUT2D eigenvalue weighted by atomic mass is 9.90. The lowest BCUT2D eigenvalue weighted by Gasteiger charge is -2.40. The number of piperidine rings is 1. The summed E-state index contributed by atoms with van der Waals surface area (Å²) in [4.78, 5) is 46.0. The summed E-state index contributed by atoms with van der Waals surface area (Å²) in [5.74, 6) is -1.00. The van der Waals surface area contributed by atoms with Gasteiger partial charge in [0.1, 0.15) is 11.8 Å². The minimum atomic E-state index is -4.08. The molecule has 0 aliphatic carbocycles. The van der Waals surface area contributed by atoms with Gasteiger partial charge in [0.15, 0.2) is 0 Å². The van der Waals surface area contributed by atoms with E-state index in [1.807, 2.05) is 30.3 Å². The smallest absolute Gasteiger partial charge is 0.407 e. The van der Waals surface area contributed by atoms with E-state index in [-0.39, 0.29) is 63.0 Å². The third-order valence-corrected chi connectivity index (χ3v) is 8.91. The molecule has 13 heteroatoms. The third-order valence-electron chi connectivity index (χ3n) is 6.99. The molecule has 2 aliphatic heterocycles. The molecule has 0 saturated carbocycles. The van der Waals surface area contributed by atoms with Crippen LogP contribution in [0, 0.1) is 5.92 Å². The zero-order chi connectivity index (χ0) is 28.0. The largest absolute Gasteiger partial charge is 0.497 e. The number of nitrogens with one attached hydrogen (secondary N) is 1. The van der Waals surface area contributed by atoms with Crippen LogP contribution in [0.1, 0.15) is 18.4 Å². The van der Waals surface area contributed by atoms with E-state index in [1.54, 1.807) is 4.90 Å². The number of amides is 3.